The molecule has 0 spiro atoms. The zero-order valence-electron chi connectivity index (χ0n) is 11.4. The van der Waals surface area contributed by atoms with E-state index in [-0.39, 0.29) is 18.6 Å². The molecule has 2 aromatic rings. The van der Waals surface area contributed by atoms with E-state index in [1.165, 1.54) is 6.08 Å². The first-order chi connectivity index (χ1) is 9.72. The second kappa shape index (κ2) is 6.86. The third-order valence-corrected chi connectivity index (χ3v) is 3.00. The van der Waals surface area contributed by atoms with Gasteiger partial charge in [0.1, 0.15) is 5.52 Å². The van der Waals surface area contributed by atoms with Crippen LogP contribution in [0.15, 0.2) is 34.8 Å². The fourth-order valence-corrected chi connectivity index (χ4v) is 1.89. The van der Waals surface area contributed by atoms with Crippen LogP contribution in [0.5, 0.6) is 0 Å². The predicted octanol–water partition coefficient (Wildman–Crippen LogP) is 2.12. The normalized spacial score (nSPS) is 12.9. The van der Waals surface area contributed by atoms with Gasteiger partial charge in [-0.05, 0) is 25.0 Å². The van der Waals surface area contributed by atoms with Gasteiger partial charge in [-0.1, -0.05) is 19.1 Å². The Hall–Kier alpha value is -2.14. The minimum atomic E-state index is -0.215. The molecule has 20 heavy (non-hydrogen) atoms. The lowest BCUT2D eigenvalue weighted by atomic mass is 10.1. The summed E-state index contributed by atoms with van der Waals surface area (Å²) in [6.07, 6.45) is 4.27. The third kappa shape index (κ3) is 3.68. The van der Waals surface area contributed by atoms with Crippen LogP contribution in [0.25, 0.3) is 17.2 Å². The van der Waals surface area contributed by atoms with Crippen molar-refractivity contribution in [3.05, 3.63) is 36.2 Å². The minimum absolute atomic E-state index is 0.0132. The van der Waals surface area contributed by atoms with Crippen molar-refractivity contribution in [3.8, 4) is 0 Å². The minimum Gasteiger partial charge on any atom is -0.437 e. The number of nitrogens with zero attached hydrogens (tertiary/aromatic N) is 1. The lowest BCUT2D eigenvalue weighted by Gasteiger charge is -2.13. The number of carbonyl (C=O) groups is 1. The highest BCUT2D eigenvalue weighted by Crippen LogP contribution is 2.15. The van der Waals surface area contributed by atoms with Gasteiger partial charge in [0.15, 0.2) is 5.58 Å². The summed E-state index contributed by atoms with van der Waals surface area (Å²) in [6, 6.07) is 7.42. The molecular weight excluding hydrogens is 256 g/mol. The van der Waals surface area contributed by atoms with Crippen molar-refractivity contribution >= 4 is 23.1 Å². The van der Waals surface area contributed by atoms with Crippen molar-refractivity contribution in [2.24, 2.45) is 0 Å². The zero-order chi connectivity index (χ0) is 14.4. The topological polar surface area (TPSA) is 75.4 Å². The summed E-state index contributed by atoms with van der Waals surface area (Å²) in [5.41, 5.74) is 1.46. The average molecular weight is 274 g/mol. The quantitative estimate of drug-likeness (QED) is 0.791. The van der Waals surface area contributed by atoms with Crippen LogP contribution in [0.3, 0.4) is 0 Å². The van der Waals surface area contributed by atoms with Gasteiger partial charge in [0.05, 0.1) is 0 Å². The summed E-state index contributed by atoms with van der Waals surface area (Å²) < 4.78 is 5.48. The fourth-order valence-electron chi connectivity index (χ4n) is 1.89. The molecule has 0 fully saturated rings. The summed E-state index contributed by atoms with van der Waals surface area (Å²) in [5, 5.41) is 11.7. The second-order valence-electron chi connectivity index (χ2n) is 4.48. The maximum atomic E-state index is 11.7. The number of oxazole rings is 1. The Bertz CT molecular complexity index is 571. The number of nitrogens with one attached hydrogen (secondary N) is 1. The van der Waals surface area contributed by atoms with Gasteiger partial charge in [0.2, 0.25) is 11.8 Å². The molecule has 2 N–H and O–H groups in total. The summed E-state index contributed by atoms with van der Waals surface area (Å²) in [5.74, 6) is 0.184. The van der Waals surface area contributed by atoms with Crippen molar-refractivity contribution < 1.29 is 14.3 Å². The summed E-state index contributed by atoms with van der Waals surface area (Å²) in [4.78, 5) is 16.0. The molecule has 1 amide bonds. The van der Waals surface area contributed by atoms with Crippen LogP contribution in [0.4, 0.5) is 0 Å². The Morgan fingerprint density at radius 3 is 3.00 bits per heavy atom. The molecular formula is C15H18N2O3. The van der Waals surface area contributed by atoms with Gasteiger partial charge in [-0.15, -0.1) is 0 Å². The SMILES string of the molecule is CCC(CCO)NC(=O)/C=C/c1nc2ccccc2o1. The highest BCUT2D eigenvalue weighted by Gasteiger charge is 2.08. The smallest absolute Gasteiger partial charge is 0.244 e. The first-order valence-electron chi connectivity index (χ1n) is 6.68. The van der Waals surface area contributed by atoms with Crippen LogP contribution >= 0.6 is 0 Å². The van der Waals surface area contributed by atoms with Gasteiger partial charge in [-0.2, -0.15) is 0 Å². The molecule has 0 aliphatic carbocycles. The van der Waals surface area contributed by atoms with E-state index in [1.807, 2.05) is 31.2 Å². The molecule has 0 bridgehead atoms. The number of hydrogen-bond donors (Lipinski definition) is 2. The van der Waals surface area contributed by atoms with Crippen molar-refractivity contribution in [1.82, 2.24) is 10.3 Å². The number of aromatic nitrogens is 1. The van der Waals surface area contributed by atoms with E-state index in [0.717, 1.165) is 11.9 Å². The van der Waals surface area contributed by atoms with Gasteiger partial charge in [-0.3, -0.25) is 4.79 Å². The molecule has 5 heteroatoms. The molecule has 0 aliphatic rings. The standard InChI is InChI=1S/C15H18N2O3/c1-2-11(9-10-18)16-14(19)7-8-15-17-12-5-3-4-6-13(12)20-15/h3-8,11,18H,2,9-10H2,1H3,(H,16,19)/b8-7+. The molecule has 1 unspecified atom stereocenters. The average Bonchev–Trinajstić information content (AvgIpc) is 2.87. The highest BCUT2D eigenvalue weighted by molar-refractivity contribution is 5.91. The molecule has 1 heterocycles. The van der Waals surface area contributed by atoms with E-state index in [1.54, 1.807) is 6.08 Å². The number of para-hydroxylation sites is 2. The maximum Gasteiger partial charge on any atom is 0.244 e. The summed E-state index contributed by atoms with van der Waals surface area (Å²) in [7, 11) is 0. The van der Waals surface area contributed by atoms with E-state index in [0.29, 0.717) is 17.9 Å². The molecule has 1 aromatic carbocycles. The molecule has 106 valence electrons. The van der Waals surface area contributed by atoms with Gasteiger partial charge in [-0.25, -0.2) is 4.98 Å². The largest absolute Gasteiger partial charge is 0.437 e. The molecule has 2 rings (SSSR count). The predicted molar refractivity (Wildman–Crippen MR) is 77.0 cm³/mol. The van der Waals surface area contributed by atoms with Crippen LogP contribution in [0, 0.1) is 0 Å². The second-order valence-corrected chi connectivity index (χ2v) is 4.48. The number of carbonyl (C=O) groups excluding carboxylic acids is 1. The summed E-state index contributed by atoms with van der Waals surface area (Å²) >= 11 is 0. The number of rotatable bonds is 6. The first kappa shape index (κ1) is 14.3. The van der Waals surface area contributed by atoms with Crippen molar-refractivity contribution in [2.75, 3.05) is 6.61 Å². The lowest BCUT2D eigenvalue weighted by Crippen LogP contribution is -2.33. The molecule has 1 aromatic heterocycles. The van der Waals surface area contributed by atoms with Crippen molar-refractivity contribution in [3.63, 3.8) is 0 Å². The number of hydrogen-bond acceptors (Lipinski definition) is 4. The Balaban J connectivity index is 1.99. The van der Waals surface area contributed by atoms with Gasteiger partial charge < -0.3 is 14.8 Å². The first-order valence-corrected chi connectivity index (χ1v) is 6.68. The number of aliphatic hydroxyl groups excluding tert-OH is 1. The summed E-state index contributed by atoms with van der Waals surface area (Å²) in [6.45, 7) is 2.03. The van der Waals surface area contributed by atoms with Gasteiger partial charge >= 0.3 is 0 Å². The van der Waals surface area contributed by atoms with Crippen LogP contribution in [-0.4, -0.2) is 28.6 Å². The van der Waals surface area contributed by atoms with Gasteiger partial charge in [0.25, 0.3) is 0 Å². The lowest BCUT2D eigenvalue weighted by molar-refractivity contribution is -0.117. The van der Waals surface area contributed by atoms with Crippen LogP contribution in [-0.2, 0) is 4.79 Å². The van der Waals surface area contributed by atoms with Crippen molar-refractivity contribution in [2.45, 2.75) is 25.8 Å². The van der Waals surface area contributed by atoms with Gasteiger partial charge in [0, 0.05) is 24.8 Å². The highest BCUT2D eigenvalue weighted by atomic mass is 16.3. The van der Waals surface area contributed by atoms with E-state index >= 15 is 0 Å². The molecule has 5 nitrogen and oxygen atoms in total. The zero-order valence-corrected chi connectivity index (χ0v) is 11.4. The molecule has 0 aliphatic heterocycles. The fraction of sp³-hybridized carbons (Fsp3) is 0.333. The van der Waals surface area contributed by atoms with E-state index < -0.39 is 0 Å². The Morgan fingerprint density at radius 1 is 1.50 bits per heavy atom. The maximum absolute atomic E-state index is 11.7. The molecule has 0 saturated heterocycles. The molecule has 0 radical (unpaired) electrons. The monoisotopic (exact) mass is 274 g/mol. The third-order valence-electron chi connectivity index (χ3n) is 3.00. The van der Waals surface area contributed by atoms with E-state index in [2.05, 4.69) is 10.3 Å². The molecule has 0 saturated carbocycles. The number of amides is 1. The van der Waals surface area contributed by atoms with Crippen molar-refractivity contribution in [1.29, 1.82) is 0 Å². The number of benzene rings is 1. The van der Waals surface area contributed by atoms with E-state index in [9.17, 15) is 4.79 Å². The Kier molecular flexibility index (Phi) is 4.90. The number of aliphatic hydroxyl groups is 1. The Labute approximate surface area is 117 Å². The van der Waals surface area contributed by atoms with Crippen LogP contribution in [0.2, 0.25) is 0 Å². The van der Waals surface area contributed by atoms with Crippen LogP contribution < -0.4 is 5.32 Å². The van der Waals surface area contributed by atoms with Crippen LogP contribution in [0.1, 0.15) is 25.7 Å². The molecule has 1 atom stereocenters. The number of fused-ring (bicyclic) bond motifs is 1. The van der Waals surface area contributed by atoms with E-state index in [4.69, 9.17) is 9.52 Å². The Morgan fingerprint density at radius 2 is 2.30 bits per heavy atom.